The van der Waals surface area contributed by atoms with Crippen LogP contribution in [0.2, 0.25) is 0 Å². The van der Waals surface area contributed by atoms with Gasteiger partial charge in [-0.1, -0.05) is 48.5 Å². The van der Waals surface area contributed by atoms with Crippen LogP contribution >= 0.6 is 0 Å². The first-order valence-electron chi connectivity index (χ1n) is 8.52. The summed E-state index contributed by atoms with van der Waals surface area (Å²) in [5.74, 6) is 0.425. The third kappa shape index (κ3) is 3.14. The summed E-state index contributed by atoms with van der Waals surface area (Å²) < 4.78 is 10.9. The van der Waals surface area contributed by atoms with Crippen molar-refractivity contribution in [3.05, 3.63) is 84.4 Å². The van der Waals surface area contributed by atoms with Crippen LogP contribution in [-0.2, 0) is 9.53 Å². The normalized spacial score (nSPS) is 17.1. The van der Waals surface area contributed by atoms with Gasteiger partial charge in [-0.05, 0) is 40.6 Å². The summed E-state index contributed by atoms with van der Waals surface area (Å²) in [7, 11) is 1.64. The molecule has 3 aromatic rings. The fraction of sp³-hybridized carbons (Fsp3) is 0.136. The molecule has 0 saturated heterocycles. The molecule has 3 aromatic carbocycles. The van der Waals surface area contributed by atoms with Crippen molar-refractivity contribution in [2.75, 3.05) is 12.4 Å². The van der Waals surface area contributed by atoms with Gasteiger partial charge in [0, 0.05) is 6.08 Å². The van der Waals surface area contributed by atoms with E-state index in [1.165, 1.54) is 11.5 Å². The van der Waals surface area contributed by atoms with Gasteiger partial charge in [-0.15, -0.1) is 0 Å². The van der Waals surface area contributed by atoms with Crippen LogP contribution in [0.3, 0.4) is 0 Å². The van der Waals surface area contributed by atoms with Crippen molar-refractivity contribution in [3.8, 4) is 5.75 Å². The van der Waals surface area contributed by atoms with E-state index in [9.17, 15) is 4.79 Å². The summed E-state index contributed by atoms with van der Waals surface area (Å²) in [5, 5.41) is 5.80. The summed E-state index contributed by atoms with van der Waals surface area (Å²) in [4.78, 5) is 11.6. The Bertz CT molecular complexity index is 980. The number of cyclic esters (lactones) is 1. The third-order valence-corrected chi connectivity index (χ3v) is 4.55. The zero-order chi connectivity index (χ0) is 17.9. The van der Waals surface area contributed by atoms with Crippen LogP contribution in [0, 0.1) is 0 Å². The van der Waals surface area contributed by atoms with E-state index in [0.29, 0.717) is 0 Å². The molecule has 0 aromatic heterocycles. The molecule has 0 bridgehead atoms. The lowest BCUT2D eigenvalue weighted by atomic mass is 9.97. The highest BCUT2D eigenvalue weighted by atomic mass is 16.5. The Labute approximate surface area is 152 Å². The van der Waals surface area contributed by atoms with Crippen LogP contribution in [0.1, 0.15) is 11.6 Å². The molecule has 1 heterocycles. The quantitative estimate of drug-likeness (QED) is 0.693. The number of fused-ring (bicyclic) bond motifs is 1. The molecule has 1 aliphatic heterocycles. The number of hydrogen-bond donors (Lipinski definition) is 1. The molecule has 0 spiro atoms. The molecular formula is C22H19NO3. The van der Waals surface area contributed by atoms with Gasteiger partial charge in [-0.3, -0.25) is 0 Å². The molecular weight excluding hydrogens is 326 g/mol. The van der Waals surface area contributed by atoms with Crippen molar-refractivity contribution < 1.29 is 14.3 Å². The first-order valence-corrected chi connectivity index (χ1v) is 8.52. The monoisotopic (exact) mass is 345 g/mol. The second-order valence-electron chi connectivity index (χ2n) is 6.19. The number of ether oxygens (including phenoxy) is 2. The van der Waals surface area contributed by atoms with Crippen LogP contribution in [0.25, 0.3) is 10.8 Å². The first kappa shape index (κ1) is 16.2. The van der Waals surface area contributed by atoms with Crippen molar-refractivity contribution in [1.82, 2.24) is 0 Å². The van der Waals surface area contributed by atoms with Crippen LogP contribution in [-0.4, -0.2) is 19.2 Å². The van der Waals surface area contributed by atoms with Crippen LogP contribution < -0.4 is 10.1 Å². The van der Waals surface area contributed by atoms with Gasteiger partial charge in [0.1, 0.15) is 11.9 Å². The smallest absolute Gasteiger partial charge is 0.331 e. The highest BCUT2D eigenvalue weighted by Gasteiger charge is 2.28. The minimum absolute atomic E-state index is 0.224. The number of rotatable bonds is 5. The van der Waals surface area contributed by atoms with E-state index in [-0.39, 0.29) is 18.1 Å². The number of esters is 1. The Morgan fingerprint density at radius 3 is 2.54 bits per heavy atom. The Morgan fingerprint density at radius 2 is 1.77 bits per heavy atom. The fourth-order valence-corrected chi connectivity index (χ4v) is 3.25. The topological polar surface area (TPSA) is 47.6 Å². The number of methoxy groups -OCH3 is 1. The fourth-order valence-electron chi connectivity index (χ4n) is 3.25. The molecule has 1 aliphatic rings. The van der Waals surface area contributed by atoms with Crippen molar-refractivity contribution >= 4 is 22.4 Å². The van der Waals surface area contributed by atoms with Crippen molar-refractivity contribution in [2.24, 2.45) is 0 Å². The number of carbonyl (C=O) groups is 1. The maximum Gasteiger partial charge on any atom is 0.331 e. The van der Waals surface area contributed by atoms with Gasteiger partial charge in [0.2, 0.25) is 0 Å². The molecule has 0 fully saturated rings. The summed E-state index contributed by atoms with van der Waals surface area (Å²) in [6.45, 7) is 0. The molecule has 0 amide bonds. The van der Waals surface area contributed by atoms with Crippen LogP contribution in [0.15, 0.2) is 78.9 Å². The van der Waals surface area contributed by atoms with Gasteiger partial charge in [-0.25, -0.2) is 4.79 Å². The lowest BCUT2D eigenvalue weighted by Crippen LogP contribution is -2.25. The van der Waals surface area contributed by atoms with E-state index in [4.69, 9.17) is 9.47 Å². The second kappa shape index (κ2) is 6.92. The number of carbonyl (C=O) groups excluding carboxylic acids is 1. The Morgan fingerprint density at radius 1 is 1.00 bits per heavy atom. The standard InChI is InChI=1S/C22H19NO3/c1-25-19-9-5-4-8-18(19)23-22(20-12-13-21(24)26-20)17-11-10-15-6-2-3-7-16(15)14-17/h2-14,20,22-23H,1H3/t20-,22+/m1/s1. The summed E-state index contributed by atoms with van der Waals surface area (Å²) in [6, 6.07) is 22.0. The number of anilines is 1. The lowest BCUT2D eigenvalue weighted by Gasteiger charge is -2.26. The number of benzene rings is 3. The predicted molar refractivity (Wildman–Crippen MR) is 102 cm³/mol. The maximum absolute atomic E-state index is 11.6. The molecule has 1 N–H and O–H groups in total. The van der Waals surface area contributed by atoms with Gasteiger partial charge >= 0.3 is 5.97 Å². The SMILES string of the molecule is COc1ccccc1N[C@@H](c1ccc2ccccc2c1)[C@H]1C=CC(=O)O1. The highest BCUT2D eigenvalue weighted by Crippen LogP contribution is 2.33. The molecule has 0 radical (unpaired) electrons. The van der Waals surface area contributed by atoms with E-state index in [1.807, 2.05) is 36.4 Å². The molecule has 0 saturated carbocycles. The minimum atomic E-state index is -0.381. The van der Waals surface area contributed by atoms with Crippen molar-refractivity contribution in [3.63, 3.8) is 0 Å². The summed E-state index contributed by atoms with van der Waals surface area (Å²) >= 11 is 0. The minimum Gasteiger partial charge on any atom is -0.495 e. The predicted octanol–water partition coefficient (Wildman–Crippen LogP) is 4.48. The summed E-state index contributed by atoms with van der Waals surface area (Å²) in [6.07, 6.45) is 2.89. The average Bonchev–Trinajstić information content (AvgIpc) is 3.12. The van der Waals surface area contributed by atoms with Crippen LogP contribution in [0.4, 0.5) is 5.69 Å². The first-order chi connectivity index (χ1) is 12.7. The van der Waals surface area contributed by atoms with E-state index in [2.05, 4.69) is 35.6 Å². The van der Waals surface area contributed by atoms with Crippen molar-refractivity contribution in [1.29, 1.82) is 0 Å². The Kier molecular flexibility index (Phi) is 4.32. The molecule has 0 unspecified atom stereocenters. The average molecular weight is 345 g/mol. The molecule has 4 heteroatoms. The number of nitrogens with one attached hydrogen (secondary N) is 1. The molecule has 0 aliphatic carbocycles. The highest BCUT2D eigenvalue weighted by molar-refractivity contribution is 5.85. The van der Waals surface area contributed by atoms with E-state index < -0.39 is 0 Å². The van der Waals surface area contributed by atoms with Crippen LogP contribution in [0.5, 0.6) is 5.75 Å². The zero-order valence-corrected chi connectivity index (χ0v) is 14.4. The van der Waals surface area contributed by atoms with Gasteiger partial charge in [0.25, 0.3) is 0 Å². The molecule has 26 heavy (non-hydrogen) atoms. The van der Waals surface area contributed by atoms with Crippen molar-refractivity contribution in [2.45, 2.75) is 12.1 Å². The Balaban J connectivity index is 1.74. The van der Waals surface area contributed by atoms with Gasteiger partial charge in [0.05, 0.1) is 18.8 Å². The largest absolute Gasteiger partial charge is 0.495 e. The molecule has 2 atom stereocenters. The molecule has 4 rings (SSSR count). The van der Waals surface area contributed by atoms with E-state index >= 15 is 0 Å². The van der Waals surface area contributed by atoms with Gasteiger partial charge in [-0.2, -0.15) is 0 Å². The molecule has 4 nitrogen and oxygen atoms in total. The zero-order valence-electron chi connectivity index (χ0n) is 14.4. The van der Waals surface area contributed by atoms with E-state index in [0.717, 1.165) is 22.4 Å². The molecule has 130 valence electrons. The number of hydrogen-bond acceptors (Lipinski definition) is 4. The van der Waals surface area contributed by atoms with Gasteiger partial charge < -0.3 is 14.8 Å². The maximum atomic E-state index is 11.6. The second-order valence-corrected chi connectivity index (χ2v) is 6.19. The number of para-hydroxylation sites is 2. The Hall–Kier alpha value is -3.27. The lowest BCUT2D eigenvalue weighted by molar-refractivity contribution is -0.139. The third-order valence-electron chi connectivity index (χ3n) is 4.55. The van der Waals surface area contributed by atoms with E-state index in [1.54, 1.807) is 13.2 Å². The van der Waals surface area contributed by atoms with Gasteiger partial charge in [0.15, 0.2) is 0 Å². The summed E-state index contributed by atoms with van der Waals surface area (Å²) in [5.41, 5.74) is 1.89.